The number of nitrogens with two attached hydrogens (primary N) is 1. The Morgan fingerprint density at radius 3 is 2.64 bits per heavy atom. The van der Waals surface area contributed by atoms with Gasteiger partial charge in [0.05, 0.1) is 17.8 Å². The number of amides is 3. The molecule has 1 aliphatic carbocycles. The van der Waals surface area contributed by atoms with Gasteiger partial charge in [-0.15, -0.1) is 0 Å². The summed E-state index contributed by atoms with van der Waals surface area (Å²) >= 11 is 0. The average molecular weight is 563 g/mol. The number of carbonyl (C=O) groups excluding carboxylic acids is 2. The van der Waals surface area contributed by atoms with E-state index in [1.54, 1.807) is 42.2 Å². The smallest absolute Gasteiger partial charge is 0.324 e. The molecule has 0 aliphatic heterocycles. The van der Waals surface area contributed by atoms with Crippen molar-refractivity contribution in [2.45, 2.75) is 38.0 Å². The van der Waals surface area contributed by atoms with Gasteiger partial charge < -0.3 is 11.1 Å². The van der Waals surface area contributed by atoms with Crippen LogP contribution in [0.2, 0.25) is 0 Å². The van der Waals surface area contributed by atoms with Crippen LogP contribution >= 0.6 is 0 Å². The first kappa shape index (κ1) is 26.9. The summed E-state index contributed by atoms with van der Waals surface area (Å²) in [6, 6.07) is 17.7. The first-order chi connectivity index (χ1) is 20.4. The van der Waals surface area contributed by atoms with Crippen molar-refractivity contribution >= 4 is 34.5 Å². The lowest BCUT2D eigenvalue weighted by atomic mass is 10.0. The van der Waals surface area contributed by atoms with E-state index < -0.39 is 11.9 Å². The Bertz CT molecular complexity index is 1870. The molecule has 5 aromatic rings. The van der Waals surface area contributed by atoms with Crippen LogP contribution in [-0.4, -0.2) is 36.3 Å². The van der Waals surface area contributed by atoms with Gasteiger partial charge in [0.25, 0.3) is 5.56 Å². The van der Waals surface area contributed by atoms with E-state index in [0.717, 1.165) is 42.3 Å². The van der Waals surface area contributed by atoms with Crippen molar-refractivity contribution in [2.75, 3.05) is 10.6 Å². The lowest BCUT2D eigenvalue weighted by Gasteiger charge is -2.12. The van der Waals surface area contributed by atoms with Crippen LogP contribution in [0.25, 0.3) is 27.8 Å². The fourth-order valence-corrected chi connectivity index (χ4v) is 5.57. The predicted molar refractivity (Wildman–Crippen MR) is 161 cm³/mol. The number of anilines is 2. The molecule has 1 fully saturated rings. The Hall–Kier alpha value is -5.32. The number of pyridine rings is 1. The Morgan fingerprint density at radius 2 is 1.83 bits per heavy atom. The molecule has 4 N–H and O–H groups in total. The highest BCUT2D eigenvalue weighted by Gasteiger charge is 2.23. The number of fused-ring (bicyclic) bond motifs is 1. The van der Waals surface area contributed by atoms with Crippen LogP contribution in [0.3, 0.4) is 0 Å². The molecule has 0 atom stereocenters. The molecule has 3 amide bonds. The molecule has 212 valence electrons. The number of benzene rings is 2. The second-order valence-electron chi connectivity index (χ2n) is 10.5. The molecule has 2 aromatic carbocycles. The third kappa shape index (κ3) is 5.49. The number of rotatable bonds is 7. The number of primary amides is 1. The Labute approximate surface area is 241 Å². The van der Waals surface area contributed by atoms with Gasteiger partial charge in [-0.25, -0.2) is 19.4 Å². The summed E-state index contributed by atoms with van der Waals surface area (Å²) in [4.78, 5) is 46.1. The van der Waals surface area contributed by atoms with E-state index in [9.17, 15) is 14.4 Å². The zero-order chi connectivity index (χ0) is 29.2. The molecule has 3 aromatic heterocycles. The quantitative estimate of drug-likeness (QED) is 0.266. The molecule has 0 bridgehead atoms. The summed E-state index contributed by atoms with van der Waals surface area (Å²) in [5, 5.41) is 11.4. The predicted octanol–water partition coefficient (Wildman–Crippen LogP) is 4.51. The minimum absolute atomic E-state index is 0.109. The van der Waals surface area contributed by atoms with Crippen molar-refractivity contribution in [3.63, 3.8) is 0 Å². The number of urea groups is 1. The molecule has 11 nitrogen and oxygen atoms in total. The number of nitrogens with zero attached hydrogens (tertiary/aromatic N) is 5. The highest BCUT2D eigenvalue weighted by Crippen LogP contribution is 2.35. The Balaban J connectivity index is 1.28. The molecule has 1 aliphatic rings. The zero-order valence-corrected chi connectivity index (χ0v) is 23.1. The van der Waals surface area contributed by atoms with Crippen molar-refractivity contribution in [3.8, 4) is 16.8 Å². The third-order valence-electron chi connectivity index (χ3n) is 7.58. The minimum Gasteiger partial charge on any atom is -0.369 e. The van der Waals surface area contributed by atoms with Crippen molar-refractivity contribution in [1.29, 1.82) is 0 Å². The van der Waals surface area contributed by atoms with Gasteiger partial charge in [0.15, 0.2) is 0 Å². The normalized spacial score (nSPS) is 13.4. The van der Waals surface area contributed by atoms with Crippen LogP contribution in [0.5, 0.6) is 0 Å². The Morgan fingerprint density at radius 1 is 1.02 bits per heavy atom. The van der Waals surface area contributed by atoms with Crippen molar-refractivity contribution < 1.29 is 9.59 Å². The molecule has 0 radical (unpaired) electrons. The molecule has 3 heterocycles. The number of nitrogens with one attached hydrogen (secondary N) is 2. The van der Waals surface area contributed by atoms with Gasteiger partial charge in [0.2, 0.25) is 5.91 Å². The van der Waals surface area contributed by atoms with Crippen LogP contribution in [0.15, 0.2) is 78.0 Å². The van der Waals surface area contributed by atoms with Crippen LogP contribution in [-0.2, 0) is 18.3 Å². The summed E-state index contributed by atoms with van der Waals surface area (Å²) in [7, 11) is 1.67. The molecule has 6 rings (SSSR count). The standard InChI is InChI=1S/C31H30N8O3/c1-38-29-22(17-33-18-34-29)15-25(30(38)41)21-9-5-10-23(14-21)35-31(42)36-28-16-26(20-7-2-3-8-20)37-39(28)24-11-4-6-19(12-24)13-27(32)40/h4-6,9-12,14-18,20H,2-3,7-8,13H2,1H3,(H2,32,40)(H2,35,36,42). The van der Waals surface area contributed by atoms with E-state index in [-0.39, 0.29) is 12.0 Å². The number of aromatic nitrogens is 5. The second-order valence-corrected chi connectivity index (χ2v) is 10.5. The molecule has 0 unspecified atom stereocenters. The maximum absolute atomic E-state index is 13.2. The van der Waals surface area contributed by atoms with E-state index >= 15 is 0 Å². The number of carbonyl (C=O) groups is 2. The average Bonchev–Trinajstić information content (AvgIpc) is 3.65. The maximum Gasteiger partial charge on any atom is 0.324 e. The number of aryl methyl sites for hydroxylation is 1. The summed E-state index contributed by atoms with van der Waals surface area (Å²) < 4.78 is 3.18. The van der Waals surface area contributed by atoms with Gasteiger partial charge in [-0.3, -0.25) is 19.5 Å². The molecular formula is C31H30N8O3. The molecular weight excluding hydrogens is 532 g/mol. The summed E-state index contributed by atoms with van der Waals surface area (Å²) in [5.74, 6) is 0.412. The van der Waals surface area contributed by atoms with Gasteiger partial charge in [-0.2, -0.15) is 5.10 Å². The van der Waals surface area contributed by atoms with Crippen LogP contribution in [0.1, 0.15) is 42.9 Å². The highest BCUT2D eigenvalue weighted by atomic mass is 16.2. The third-order valence-corrected chi connectivity index (χ3v) is 7.58. The fraction of sp³-hybridized carbons (Fsp3) is 0.226. The van der Waals surface area contributed by atoms with Gasteiger partial charge in [0, 0.05) is 41.9 Å². The maximum atomic E-state index is 13.2. The first-order valence-electron chi connectivity index (χ1n) is 13.8. The molecule has 42 heavy (non-hydrogen) atoms. The SMILES string of the molecule is Cn1c(=O)c(-c2cccc(NC(=O)Nc3cc(C4CCCC4)nn3-c3cccc(CC(N)=O)c3)c2)cc2cncnc21. The summed E-state index contributed by atoms with van der Waals surface area (Å²) in [5.41, 5.74) is 9.78. The van der Waals surface area contributed by atoms with Crippen molar-refractivity contribution in [2.24, 2.45) is 12.8 Å². The van der Waals surface area contributed by atoms with Crippen LogP contribution in [0.4, 0.5) is 16.3 Å². The van der Waals surface area contributed by atoms with Gasteiger partial charge in [0.1, 0.15) is 17.8 Å². The van der Waals surface area contributed by atoms with Gasteiger partial charge in [-0.05, 0) is 54.3 Å². The Kier molecular flexibility index (Phi) is 7.22. The van der Waals surface area contributed by atoms with Crippen LogP contribution < -0.4 is 21.9 Å². The number of hydrogen-bond donors (Lipinski definition) is 3. The van der Waals surface area contributed by atoms with Crippen molar-refractivity contribution in [1.82, 2.24) is 24.3 Å². The lowest BCUT2D eigenvalue weighted by molar-refractivity contribution is -0.117. The van der Waals surface area contributed by atoms with Gasteiger partial charge in [-0.1, -0.05) is 37.1 Å². The first-order valence-corrected chi connectivity index (χ1v) is 13.8. The number of hydrogen-bond acceptors (Lipinski definition) is 6. The topological polar surface area (TPSA) is 150 Å². The minimum atomic E-state index is -0.459. The molecule has 1 saturated carbocycles. The zero-order valence-electron chi connectivity index (χ0n) is 23.1. The lowest BCUT2D eigenvalue weighted by Crippen LogP contribution is -2.22. The largest absolute Gasteiger partial charge is 0.369 e. The highest BCUT2D eigenvalue weighted by molar-refractivity contribution is 6.00. The van der Waals surface area contributed by atoms with Gasteiger partial charge >= 0.3 is 6.03 Å². The molecule has 0 saturated heterocycles. The van der Waals surface area contributed by atoms with Crippen molar-refractivity contribution in [3.05, 3.63) is 94.8 Å². The van der Waals surface area contributed by atoms with E-state index in [1.807, 2.05) is 36.4 Å². The van der Waals surface area contributed by atoms with E-state index in [4.69, 9.17) is 10.8 Å². The summed E-state index contributed by atoms with van der Waals surface area (Å²) in [6.07, 6.45) is 7.59. The summed E-state index contributed by atoms with van der Waals surface area (Å²) in [6.45, 7) is 0. The molecule has 11 heteroatoms. The van der Waals surface area contributed by atoms with Crippen LogP contribution in [0, 0.1) is 0 Å². The van der Waals surface area contributed by atoms with E-state index in [0.29, 0.717) is 39.9 Å². The molecule has 0 spiro atoms. The van der Waals surface area contributed by atoms with E-state index in [1.165, 1.54) is 10.9 Å². The van der Waals surface area contributed by atoms with E-state index in [2.05, 4.69) is 20.6 Å². The monoisotopic (exact) mass is 562 g/mol. The fourth-order valence-electron chi connectivity index (χ4n) is 5.57. The second kappa shape index (κ2) is 11.3.